The highest BCUT2D eigenvalue weighted by molar-refractivity contribution is 5.94. The van der Waals surface area contributed by atoms with Gasteiger partial charge in [0.1, 0.15) is 5.82 Å². The van der Waals surface area contributed by atoms with Crippen LogP contribution in [0.1, 0.15) is 36.0 Å². The number of hydrogen-bond acceptors (Lipinski definition) is 4. The lowest BCUT2D eigenvalue weighted by Gasteiger charge is -2.35. The maximum atomic E-state index is 14.0. The van der Waals surface area contributed by atoms with Gasteiger partial charge in [-0.25, -0.2) is 9.18 Å². The van der Waals surface area contributed by atoms with Gasteiger partial charge in [0.05, 0.1) is 11.3 Å². The molecule has 0 bridgehead atoms. The van der Waals surface area contributed by atoms with Crippen LogP contribution in [0.2, 0.25) is 0 Å². The van der Waals surface area contributed by atoms with Crippen molar-refractivity contribution >= 4 is 17.3 Å². The molecule has 3 rings (SSSR count). The Morgan fingerprint density at radius 1 is 1.38 bits per heavy atom. The highest BCUT2D eigenvalue weighted by Crippen LogP contribution is 2.30. The van der Waals surface area contributed by atoms with Gasteiger partial charge in [-0.3, -0.25) is 0 Å². The van der Waals surface area contributed by atoms with Crippen molar-refractivity contribution in [3.8, 4) is 0 Å². The Morgan fingerprint density at radius 2 is 2.19 bits per heavy atom. The van der Waals surface area contributed by atoms with E-state index in [1.165, 1.54) is 18.9 Å². The fourth-order valence-electron chi connectivity index (χ4n) is 3.46. The number of benzene rings is 1. The van der Waals surface area contributed by atoms with Crippen molar-refractivity contribution in [1.29, 1.82) is 0 Å². The molecule has 2 heterocycles. The molecule has 114 valence electrons. The summed E-state index contributed by atoms with van der Waals surface area (Å²) in [4.78, 5) is 13.6. The quantitative estimate of drug-likeness (QED) is 0.744. The van der Waals surface area contributed by atoms with Gasteiger partial charge in [-0.15, -0.1) is 0 Å². The normalized spacial score (nSPS) is 25.6. The van der Waals surface area contributed by atoms with Crippen LogP contribution in [0.3, 0.4) is 0 Å². The number of nitrogens with two attached hydrogens (primary N) is 1. The lowest BCUT2D eigenvalue weighted by Crippen LogP contribution is -2.42. The minimum absolute atomic E-state index is 0.0452. The smallest absolute Gasteiger partial charge is 0.337 e. The molecule has 2 atom stereocenters. The zero-order chi connectivity index (χ0) is 15.0. The van der Waals surface area contributed by atoms with Gasteiger partial charge < -0.3 is 21.1 Å². The standard InChI is InChI=1S/C15H20FN3O2/c16-12-8-13(17)11(15(20)21)7-14(12)18-9-3-5-19-4-1-2-10(19)6-9/h7-10,18H,1-6,17H2,(H,20,21). The summed E-state index contributed by atoms with van der Waals surface area (Å²) in [6, 6.07) is 3.14. The van der Waals surface area contributed by atoms with Gasteiger partial charge in [0, 0.05) is 24.3 Å². The van der Waals surface area contributed by atoms with Gasteiger partial charge in [0.15, 0.2) is 0 Å². The van der Waals surface area contributed by atoms with Crippen LogP contribution in [0.15, 0.2) is 12.1 Å². The van der Waals surface area contributed by atoms with Crippen molar-refractivity contribution in [2.45, 2.75) is 37.8 Å². The second-order valence-corrected chi connectivity index (χ2v) is 5.92. The van der Waals surface area contributed by atoms with Crippen molar-refractivity contribution in [2.24, 2.45) is 0 Å². The van der Waals surface area contributed by atoms with E-state index in [0.717, 1.165) is 32.0 Å². The van der Waals surface area contributed by atoms with Crippen LogP contribution < -0.4 is 11.1 Å². The Bertz CT molecular complexity index is 564. The lowest BCUT2D eigenvalue weighted by atomic mass is 9.97. The number of nitrogen functional groups attached to an aromatic ring is 1. The molecule has 5 nitrogen and oxygen atoms in total. The van der Waals surface area contributed by atoms with Gasteiger partial charge in [-0.05, 0) is 44.4 Å². The second-order valence-electron chi connectivity index (χ2n) is 5.92. The number of piperidine rings is 1. The van der Waals surface area contributed by atoms with Crippen molar-refractivity contribution in [3.63, 3.8) is 0 Å². The first-order valence-electron chi connectivity index (χ1n) is 7.37. The summed E-state index contributed by atoms with van der Waals surface area (Å²) in [5.74, 6) is -1.63. The van der Waals surface area contributed by atoms with Gasteiger partial charge in [-0.2, -0.15) is 0 Å². The Kier molecular flexibility index (Phi) is 3.71. The lowest BCUT2D eigenvalue weighted by molar-refractivity contribution is 0.0698. The molecule has 0 aromatic heterocycles. The highest BCUT2D eigenvalue weighted by Gasteiger charge is 2.31. The van der Waals surface area contributed by atoms with Crippen LogP contribution in [-0.2, 0) is 0 Å². The highest BCUT2D eigenvalue weighted by atomic mass is 19.1. The molecule has 1 aromatic carbocycles. The first-order valence-corrected chi connectivity index (χ1v) is 7.37. The van der Waals surface area contributed by atoms with Gasteiger partial charge in [0.2, 0.25) is 0 Å². The molecule has 0 radical (unpaired) electrons. The number of aromatic carboxylic acids is 1. The van der Waals surface area contributed by atoms with E-state index in [1.54, 1.807) is 0 Å². The molecule has 2 saturated heterocycles. The SMILES string of the molecule is Nc1cc(F)c(NC2CCN3CCCC3C2)cc1C(=O)O. The van der Waals surface area contributed by atoms with E-state index in [1.807, 2.05) is 0 Å². The van der Waals surface area contributed by atoms with Crippen molar-refractivity contribution < 1.29 is 14.3 Å². The predicted molar refractivity (Wildman–Crippen MR) is 79.0 cm³/mol. The maximum Gasteiger partial charge on any atom is 0.337 e. The van der Waals surface area contributed by atoms with E-state index < -0.39 is 11.8 Å². The summed E-state index contributed by atoms with van der Waals surface area (Å²) in [6.07, 6.45) is 4.36. The molecule has 6 heteroatoms. The fourth-order valence-corrected chi connectivity index (χ4v) is 3.46. The van der Waals surface area contributed by atoms with E-state index in [2.05, 4.69) is 10.2 Å². The van der Waals surface area contributed by atoms with Crippen LogP contribution in [0.25, 0.3) is 0 Å². The molecule has 4 N–H and O–H groups in total. The third-order valence-corrected chi connectivity index (χ3v) is 4.55. The molecule has 1 aromatic rings. The van der Waals surface area contributed by atoms with Gasteiger partial charge >= 0.3 is 5.97 Å². The number of nitrogens with one attached hydrogen (secondary N) is 1. The van der Waals surface area contributed by atoms with Crippen LogP contribution in [0.5, 0.6) is 0 Å². The molecule has 2 unspecified atom stereocenters. The molecule has 21 heavy (non-hydrogen) atoms. The Balaban J connectivity index is 1.75. The average molecular weight is 293 g/mol. The second kappa shape index (κ2) is 5.52. The average Bonchev–Trinajstić information content (AvgIpc) is 2.88. The molecule has 0 saturated carbocycles. The van der Waals surface area contributed by atoms with Crippen molar-refractivity contribution in [2.75, 3.05) is 24.1 Å². The van der Waals surface area contributed by atoms with E-state index in [-0.39, 0.29) is 23.0 Å². The van der Waals surface area contributed by atoms with Crippen LogP contribution in [-0.4, -0.2) is 41.1 Å². The van der Waals surface area contributed by atoms with Crippen LogP contribution in [0, 0.1) is 5.82 Å². The van der Waals surface area contributed by atoms with Gasteiger partial charge in [0.25, 0.3) is 0 Å². The van der Waals surface area contributed by atoms with E-state index in [4.69, 9.17) is 10.8 Å². The number of anilines is 2. The summed E-state index contributed by atoms with van der Waals surface area (Å²) >= 11 is 0. The number of hydrogen-bond donors (Lipinski definition) is 3. The van der Waals surface area contributed by atoms with E-state index >= 15 is 0 Å². The number of fused-ring (bicyclic) bond motifs is 1. The predicted octanol–water partition coefficient (Wildman–Crippen LogP) is 2.14. The van der Waals surface area contributed by atoms with Crippen molar-refractivity contribution in [3.05, 3.63) is 23.5 Å². The van der Waals surface area contributed by atoms with Crippen LogP contribution in [0.4, 0.5) is 15.8 Å². The van der Waals surface area contributed by atoms with Gasteiger partial charge in [-0.1, -0.05) is 0 Å². The third-order valence-electron chi connectivity index (χ3n) is 4.55. The monoisotopic (exact) mass is 293 g/mol. The summed E-state index contributed by atoms with van der Waals surface area (Å²) < 4.78 is 14.0. The number of halogens is 1. The molecular weight excluding hydrogens is 273 g/mol. The Labute approximate surface area is 122 Å². The summed E-state index contributed by atoms with van der Waals surface area (Å²) in [5, 5.41) is 12.2. The molecule has 2 aliphatic heterocycles. The number of nitrogens with zero attached hydrogens (tertiary/aromatic N) is 1. The van der Waals surface area contributed by atoms with E-state index in [9.17, 15) is 9.18 Å². The summed E-state index contributed by atoms with van der Waals surface area (Å²) in [7, 11) is 0. The minimum atomic E-state index is -1.14. The summed E-state index contributed by atoms with van der Waals surface area (Å²) in [5.41, 5.74) is 5.67. The molecule has 0 spiro atoms. The molecule has 2 fully saturated rings. The number of rotatable bonds is 3. The summed E-state index contributed by atoms with van der Waals surface area (Å²) in [6.45, 7) is 2.18. The third kappa shape index (κ3) is 2.81. The topological polar surface area (TPSA) is 78.6 Å². The first kappa shape index (κ1) is 14.1. The molecule has 0 amide bonds. The maximum absolute atomic E-state index is 14.0. The van der Waals surface area contributed by atoms with Crippen molar-refractivity contribution in [1.82, 2.24) is 4.90 Å². The Morgan fingerprint density at radius 3 is 2.95 bits per heavy atom. The zero-order valence-electron chi connectivity index (χ0n) is 11.8. The molecule has 0 aliphatic carbocycles. The first-order chi connectivity index (χ1) is 10.0. The Hall–Kier alpha value is -1.82. The number of carboxylic acids is 1. The van der Waals surface area contributed by atoms with Crippen LogP contribution >= 0.6 is 0 Å². The largest absolute Gasteiger partial charge is 0.478 e. The van der Waals surface area contributed by atoms with E-state index in [0.29, 0.717) is 6.04 Å². The molecule has 2 aliphatic rings. The number of carbonyl (C=O) groups is 1. The number of carboxylic acid groups (broad SMARTS) is 1. The molecular formula is C15H20FN3O2. The minimum Gasteiger partial charge on any atom is -0.478 e. The zero-order valence-corrected chi connectivity index (χ0v) is 11.8. The fraction of sp³-hybridized carbons (Fsp3) is 0.533.